The van der Waals surface area contributed by atoms with Crippen molar-refractivity contribution in [2.75, 3.05) is 26.5 Å². The maximum absolute atomic E-state index is 12.4. The molecule has 20 heavy (non-hydrogen) atoms. The molecule has 0 saturated heterocycles. The van der Waals surface area contributed by atoms with E-state index in [2.05, 4.69) is 0 Å². The molecule has 3 nitrogen and oxygen atoms in total. The minimum Gasteiger partial charge on any atom is -0.496 e. The van der Waals surface area contributed by atoms with E-state index < -0.39 is 11.9 Å². The van der Waals surface area contributed by atoms with Gasteiger partial charge in [0, 0.05) is 17.0 Å². The van der Waals surface area contributed by atoms with Crippen LogP contribution in [-0.4, -0.2) is 32.7 Å². The summed E-state index contributed by atoms with van der Waals surface area (Å²) in [6.07, 6.45) is -3.50. The molecule has 0 spiro atoms. The van der Waals surface area contributed by atoms with Crippen LogP contribution in [0.5, 0.6) is 11.5 Å². The summed E-state index contributed by atoms with van der Waals surface area (Å²) in [7, 11) is 2.97. The number of hydrogen-bond acceptors (Lipinski definition) is 4. The van der Waals surface area contributed by atoms with Crippen molar-refractivity contribution in [3.8, 4) is 11.5 Å². The van der Waals surface area contributed by atoms with Crippen molar-refractivity contribution in [2.24, 2.45) is 5.73 Å². The zero-order valence-corrected chi connectivity index (χ0v) is 12.0. The molecule has 112 valence electrons. The predicted octanol–water partition coefficient (Wildman–Crippen LogP) is 2.96. The number of methoxy groups -OCH3 is 2. The topological polar surface area (TPSA) is 44.5 Å². The molecule has 0 fully saturated rings. The zero-order chi connectivity index (χ0) is 14.9. The number of thioether (sulfide) groups is 1. The first-order valence-electron chi connectivity index (χ1n) is 6.08. The third kappa shape index (κ3) is 2.83. The van der Waals surface area contributed by atoms with Crippen molar-refractivity contribution in [1.82, 2.24) is 0 Å². The summed E-state index contributed by atoms with van der Waals surface area (Å²) in [6.45, 7) is 0.488. The Bertz CT molecular complexity index is 505. The van der Waals surface area contributed by atoms with E-state index in [0.717, 1.165) is 11.1 Å². The van der Waals surface area contributed by atoms with Crippen LogP contribution in [0.25, 0.3) is 0 Å². The normalized spacial score (nSPS) is 17.4. The van der Waals surface area contributed by atoms with E-state index in [1.165, 1.54) is 14.2 Å². The fourth-order valence-electron chi connectivity index (χ4n) is 2.41. The van der Waals surface area contributed by atoms with Crippen molar-refractivity contribution in [2.45, 2.75) is 23.4 Å². The molecule has 2 rings (SSSR count). The Morgan fingerprint density at radius 2 is 2.05 bits per heavy atom. The highest BCUT2D eigenvalue weighted by Crippen LogP contribution is 2.50. The highest BCUT2D eigenvalue weighted by atomic mass is 32.2. The van der Waals surface area contributed by atoms with Crippen LogP contribution < -0.4 is 15.2 Å². The van der Waals surface area contributed by atoms with E-state index in [-0.39, 0.29) is 5.92 Å². The maximum atomic E-state index is 12.4. The van der Waals surface area contributed by atoms with Crippen LogP contribution in [0.2, 0.25) is 0 Å². The van der Waals surface area contributed by atoms with Crippen molar-refractivity contribution in [3.05, 3.63) is 17.2 Å². The highest BCUT2D eigenvalue weighted by molar-refractivity contribution is 7.99. The van der Waals surface area contributed by atoms with Crippen LogP contribution in [0.3, 0.4) is 0 Å². The summed E-state index contributed by atoms with van der Waals surface area (Å²) >= 11 is 0.712. The lowest BCUT2D eigenvalue weighted by Crippen LogP contribution is -2.26. The standard InChI is InChI=1S/C13H16F3NO2S/c1-18-9-4-10(20-6-13(14,15)16)12(19-2)8-3-7(5-17)11(8)9/h4,7H,3,5-6,17H2,1-2H3. The summed E-state index contributed by atoms with van der Waals surface area (Å²) in [5, 5.41) is 0. The first-order valence-corrected chi connectivity index (χ1v) is 7.07. The average Bonchev–Trinajstić information content (AvgIpc) is 2.36. The molecule has 0 saturated carbocycles. The summed E-state index contributed by atoms with van der Waals surface area (Å²) < 4.78 is 47.6. The molecular weight excluding hydrogens is 291 g/mol. The van der Waals surface area contributed by atoms with Gasteiger partial charge in [-0.2, -0.15) is 13.2 Å². The van der Waals surface area contributed by atoms with Gasteiger partial charge in [0.15, 0.2) is 0 Å². The van der Waals surface area contributed by atoms with Gasteiger partial charge in [0.2, 0.25) is 0 Å². The van der Waals surface area contributed by atoms with Gasteiger partial charge in [-0.15, -0.1) is 11.8 Å². The first kappa shape index (κ1) is 15.3. The van der Waals surface area contributed by atoms with E-state index in [1.807, 2.05) is 0 Å². The molecule has 1 unspecified atom stereocenters. The number of ether oxygens (including phenoxy) is 2. The highest BCUT2D eigenvalue weighted by Gasteiger charge is 2.35. The second-order valence-corrected chi connectivity index (χ2v) is 5.56. The van der Waals surface area contributed by atoms with Crippen LogP contribution in [0, 0.1) is 0 Å². The van der Waals surface area contributed by atoms with E-state index in [4.69, 9.17) is 15.2 Å². The lowest BCUT2D eigenvalue weighted by Gasteiger charge is -2.33. The molecule has 1 aliphatic carbocycles. The van der Waals surface area contributed by atoms with E-state index in [1.54, 1.807) is 6.07 Å². The Hall–Kier alpha value is -1.08. The summed E-state index contributed by atoms with van der Waals surface area (Å²) in [6, 6.07) is 1.61. The van der Waals surface area contributed by atoms with Gasteiger partial charge in [0.25, 0.3) is 0 Å². The Morgan fingerprint density at radius 1 is 1.35 bits per heavy atom. The molecule has 0 aliphatic heterocycles. The van der Waals surface area contributed by atoms with Crippen LogP contribution in [-0.2, 0) is 6.42 Å². The minimum absolute atomic E-state index is 0.190. The van der Waals surface area contributed by atoms with E-state index >= 15 is 0 Å². The molecule has 1 atom stereocenters. The number of hydrogen-bond donors (Lipinski definition) is 1. The Balaban J connectivity index is 2.36. The number of benzene rings is 1. The number of alkyl halides is 3. The number of halogens is 3. The van der Waals surface area contributed by atoms with Crippen molar-refractivity contribution >= 4 is 11.8 Å². The molecule has 0 amide bonds. The molecule has 0 radical (unpaired) electrons. The monoisotopic (exact) mass is 307 g/mol. The quantitative estimate of drug-likeness (QED) is 0.850. The van der Waals surface area contributed by atoms with Crippen LogP contribution in [0.15, 0.2) is 11.0 Å². The second-order valence-electron chi connectivity index (χ2n) is 4.54. The Kier molecular flexibility index (Phi) is 4.39. The Labute approximate surface area is 119 Å². The fraction of sp³-hybridized carbons (Fsp3) is 0.538. The molecule has 7 heteroatoms. The van der Waals surface area contributed by atoms with Gasteiger partial charge in [-0.05, 0) is 19.0 Å². The van der Waals surface area contributed by atoms with E-state index in [9.17, 15) is 13.2 Å². The lowest BCUT2D eigenvalue weighted by molar-refractivity contribution is -0.105. The summed E-state index contributed by atoms with van der Waals surface area (Å²) in [5.41, 5.74) is 7.54. The maximum Gasteiger partial charge on any atom is 0.398 e. The predicted molar refractivity (Wildman–Crippen MR) is 71.8 cm³/mol. The molecule has 0 heterocycles. The molecule has 2 N–H and O–H groups in total. The van der Waals surface area contributed by atoms with Gasteiger partial charge in [-0.1, -0.05) is 0 Å². The SMILES string of the molecule is COc1cc(SCC(F)(F)F)c(OC)c2c1C(CN)C2. The molecule has 1 aromatic rings. The molecule has 0 aromatic heterocycles. The van der Waals surface area contributed by atoms with Gasteiger partial charge >= 0.3 is 6.18 Å². The third-order valence-corrected chi connectivity index (χ3v) is 4.40. The van der Waals surface area contributed by atoms with Crippen LogP contribution >= 0.6 is 11.8 Å². The zero-order valence-electron chi connectivity index (χ0n) is 11.2. The molecule has 0 bridgehead atoms. The average molecular weight is 307 g/mol. The summed E-state index contributed by atoms with van der Waals surface area (Å²) in [4.78, 5) is 0.455. The number of rotatable bonds is 5. The Morgan fingerprint density at radius 3 is 2.55 bits per heavy atom. The van der Waals surface area contributed by atoms with Crippen molar-refractivity contribution in [3.63, 3.8) is 0 Å². The van der Waals surface area contributed by atoms with Gasteiger partial charge in [-0.3, -0.25) is 0 Å². The van der Waals surface area contributed by atoms with Crippen molar-refractivity contribution < 1.29 is 22.6 Å². The van der Waals surface area contributed by atoms with Gasteiger partial charge in [0.1, 0.15) is 11.5 Å². The van der Waals surface area contributed by atoms with Crippen LogP contribution in [0.1, 0.15) is 17.0 Å². The minimum atomic E-state index is -4.22. The first-order chi connectivity index (χ1) is 9.41. The number of nitrogens with two attached hydrogens (primary N) is 1. The molecular formula is C13H16F3NO2S. The van der Waals surface area contributed by atoms with E-state index in [0.29, 0.717) is 41.1 Å². The van der Waals surface area contributed by atoms with Gasteiger partial charge in [-0.25, -0.2) is 0 Å². The third-order valence-electron chi connectivity index (χ3n) is 3.31. The van der Waals surface area contributed by atoms with Gasteiger partial charge < -0.3 is 15.2 Å². The number of fused-ring (bicyclic) bond motifs is 1. The molecule has 1 aromatic carbocycles. The summed E-state index contributed by atoms with van der Waals surface area (Å²) in [5.74, 6) is 0.341. The van der Waals surface area contributed by atoms with Crippen LogP contribution in [0.4, 0.5) is 13.2 Å². The fourth-order valence-corrected chi connectivity index (χ4v) is 3.26. The molecule has 1 aliphatic rings. The lowest BCUT2D eigenvalue weighted by atomic mass is 9.76. The smallest absolute Gasteiger partial charge is 0.398 e. The largest absolute Gasteiger partial charge is 0.496 e. The van der Waals surface area contributed by atoms with Gasteiger partial charge in [0.05, 0.1) is 24.9 Å². The second kappa shape index (κ2) is 5.73. The van der Waals surface area contributed by atoms with Crippen molar-refractivity contribution in [1.29, 1.82) is 0 Å².